The molecule has 3 aliphatic carbocycles. The predicted molar refractivity (Wildman–Crippen MR) is 46.7 cm³/mol. The zero-order chi connectivity index (χ0) is 8.98. The van der Waals surface area contributed by atoms with Crippen LogP contribution in [0, 0.1) is 11.3 Å². The predicted octanol–water partition coefficient (Wildman–Crippen LogP) is 2.61. The lowest BCUT2D eigenvalue weighted by Crippen LogP contribution is -2.64. The third-order valence-corrected chi connectivity index (χ3v) is 4.10. The molecule has 3 rings (SSSR count). The van der Waals surface area contributed by atoms with Crippen LogP contribution in [0.25, 0.3) is 0 Å². The molecule has 0 spiro atoms. The second-order valence-electron chi connectivity index (χ2n) is 4.66. The van der Waals surface area contributed by atoms with Gasteiger partial charge in [-0.15, -0.1) is 0 Å². The molecular weight excluding hydrogens is 152 g/mol. The van der Waals surface area contributed by atoms with Gasteiger partial charge in [-0.3, -0.25) is 5.26 Å². The molecule has 2 atom stereocenters. The summed E-state index contributed by atoms with van der Waals surface area (Å²) >= 11 is 0. The van der Waals surface area contributed by atoms with Gasteiger partial charge in [-0.2, -0.15) is 0 Å². The van der Waals surface area contributed by atoms with Crippen LogP contribution in [-0.4, -0.2) is 10.9 Å². The van der Waals surface area contributed by atoms with Crippen molar-refractivity contribution in [2.75, 3.05) is 0 Å². The van der Waals surface area contributed by atoms with Gasteiger partial charge in [0.05, 0.1) is 0 Å². The molecule has 0 amide bonds. The lowest BCUT2D eigenvalue weighted by molar-refractivity contribution is -0.381. The van der Waals surface area contributed by atoms with E-state index in [1.807, 2.05) is 6.92 Å². The molecule has 2 unspecified atom stereocenters. The van der Waals surface area contributed by atoms with Crippen LogP contribution in [0.2, 0.25) is 0 Å². The van der Waals surface area contributed by atoms with Crippen molar-refractivity contribution < 1.29 is 10.1 Å². The fraction of sp³-hybridized carbons (Fsp3) is 0.800. The number of hydrogen-bond donors (Lipinski definition) is 1. The van der Waals surface area contributed by atoms with Crippen LogP contribution >= 0.6 is 0 Å². The maximum absolute atomic E-state index is 8.95. The Labute approximate surface area is 73.2 Å². The van der Waals surface area contributed by atoms with Crippen LogP contribution in [0.3, 0.4) is 0 Å². The van der Waals surface area contributed by atoms with Crippen molar-refractivity contribution in [1.82, 2.24) is 0 Å². The Hall–Kier alpha value is -0.340. The van der Waals surface area contributed by atoms with Crippen molar-refractivity contribution in [2.45, 2.75) is 39.2 Å². The summed E-state index contributed by atoms with van der Waals surface area (Å²) in [5.74, 6) is 0.688. The Kier molecular flexibility index (Phi) is 1.46. The smallest absolute Gasteiger partial charge is 0.130 e. The molecule has 2 nitrogen and oxygen atoms in total. The van der Waals surface area contributed by atoms with Gasteiger partial charge in [-0.05, 0) is 31.3 Å². The normalized spacial score (nSPS) is 43.3. The first kappa shape index (κ1) is 8.27. The van der Waals surface area contributed by atoms with E-state index >= 15 is 0 Å². The highest BCUT2D eigenvalue weighted by Crippen LogP contribution is 2.63. The highest BCUT2D eigenvalue weighted by molar-refractivity contribution is 5.32. The molecule has 0 aromatic rings. The molecule has 0 aliphatic heterocycles. The number of rotatable bonds is 1. The van der Waals surface area contributed by atoms with Gasteiger partial charge in [-0.25, -0.2) is 4.89 Å². The Morgan fingerprint density at radius 2 is 2.25 bits per heavy atom. The standard InChI is InChI=1S/C10H16O2/c1-7-4-5-8-6-10(7,12-11)9(8,2)3/h4,8,11H,5-6H2,1-3H3. The van der Waals surface area contributed by atoms with E-state index in [0.29, 0.717) is 5.92 Å². The van der Waals surface area contributed by atoms with Crippen LogP contribution in [-0.2, 0) is 4.89 Å². The van der Waals surface area contributed by atoms with Crippen molar-refractivity contribution in [3.05, 3.63) is 11.6 Å². The lowest BCUT2D eigenvalue weighted by atomic mass is 9.46. The van der Waals surface area contributed by atoms with Crippen LogP contribution in [0.1, 0.15) is 33.6 Å². The molecule has 68 valence electrons. The van der Waals surface area contributed by atoms with E-state index in [4.69, 9.17) is 10.1 Å². The minimum atomic E-state index is -0.365. The molecule has 1 N–H and O–H groups in total. The first-order valence-corrected chi connectivity index (χ1v) is 4.54. The van der Waals surface area contributed by atoms with Gasteiger partial charge >= 0.3 is 0 Å². The van der Waals surface area contributed by atoms with Crippen molar-refractivity contribution in [3.8, 4) is 0 Å². The van der Waals surface area contributed by atoms with Crippen molar-refractivity contribution in [1.29, 1.82) is 0 Å². The summed E-state index contributed by atoms with van der Waals surface area (Å²) < 4.78 is 0. The molecule has 0 saturated heterocycles. The van der Waals surface area contributed by atoms with Gasteiger partial charge in [0.1, 0.15) is 5.60 Å². The molecule has 2 heteroatoms. The molecule has 0 aromatic heterocycles. The first-order chi connectivity index (χ1) is 5.54. The first-order valence-electron chi connectivity index (χ1n) is 4.54. The molecule has 2 bridgehead atoms. The van der Waals surface area contributed by atoms with Gasteiger partial charge in [-0.1, -0.05) is 19.9 Å². The molecular formula is C10H16O2. The highest BCUT2D eigenvalue weighted by atomic mass is 17.1. The summed E-state index contributed by atoms with van der Waals surface area (Å²) in [4.78, 5) is 4.70. The van der Waals surface area contributed by atoms with Crippen LogP contribution < -0.4 is 0 Å². The lowest BCUT2D eigenvalue weighted by Gasteiger charge is -2.62. The number of fused-ring (bicyclic) bond motifs is 1. The maximum Gasteiger partial charge on any atom is 0.130 e. The molecule has 3 aliphatic rings. The second-order valence-corrected chi connectivity index (χ2v) is 4.66. The summed E-state index contributed by atoms with van der Waals surface area (Å²) in [6, 6.07) is 0. The molecule has 1 saturated carbocycles. The molecule has 0 radical (unpaired) electrons. The Bertz CT molecular complexity index is 242. The Morgan fingerprint density at radius 3 is 2.58 bits per heavy atom. The molecule has 12 heavy (non-hydrogen) atoms. The average Bonchev–Trinajstić information content (AvgIpc) is 2.04. The maximum atomic E-state index is 8.95. The quantitative estimate of drug-likeness (QED) is 0.370. The van der Waals surface area contributed by atoms with E-state index in [-0.39, 0.29) is 11.0 Å². The topological polar surface area (TPSA) is 29.5 Å². The zero-order valence-corrected chi connectivity index (χ0v) is 7.92. The van der Waals surface area contributed by atoms with E-state index < -0.39 is 0 Å². The Balaban J connectivity index is 2.41. The van der Waals surface area contributed by atoms with E-state index in [0.717, 1.165) is 12.8 Å². The third kappa shape index (κ3) is 0.639. The van der Waals surface area contributed by atoms with Crippen molar-refractivity contribution >= 4 is 0 Å². The number of allylic oxidation sites excluding steroid dienone is 1. The zero-order valence-electron chi connectivity index (χ0n) is 7.92. The second kappa shape index (κ2) is 2.12. The van der Waals surface area contributed by atoms with Crippen LogP contribution in [0.15, 0.2) is 11.6 Å². The minimum Gasteiger partial charge on any atom is -0.251 e. The van der Waals surface area contributed by atoms with E-state index in [1.54, 1.807) is 0 Å². The fourth-order valence-electron chi connectivity index (χ4n) is 2.82. The fourth-order valence-corrected chi connectivity index (χ4v) is 2.82. The number of hydrogen-bond acceptors (Lipinski definition) is 2. The van der Waals surface area contributed by atoms with E-state index in [9.17, 15) is 0 Å². The van der Waals surface area contributed by atoms with Gasteiger partial charge in [0.15, 0.2) is 0 Å². The third-order valence-electron chi connectivity index (χ3n) is 4.10. The molecule has 0 heterocycles. The van der Waals surface area contributed by atoms with E-state index in [2.05, 4.69) is 19.9 Å². The van der Waals surface area contributed by atoms with Crippen molar-refractivity contribution in [3.63, 3.8) is 0 Å². The van der Waals surface area contributed by atoms with Gasteiger partial charge in [0.25, 0.3) is 0 Å². The summed E-state index contributed by atoms with van der Waals surface area (Å²) in [7, 11) is 0. The molecule has 1 fully saturated rings. The van der Waals surface area contributed by atoms with Crippen LogP contribution in [0.5, 0.6) is 0 Å². The summed E-state index contributed by atoms with van der Waals surface area (Å²) in [6.07, 6.45) is 4.32. The highest BCUT2D eigenvalue weighted by Gasteiger charge is 2.64. The van der Waals surface area contributed by atoms with Gasteiger partial charge in [0.2, 0.25) is 0 Å². The average molecular weight is 168 g/mol. The van der Waals surface area contributed by atoms with Crippen LogP contribution in [0.4, 0.5) is 0 Å². The Morgan fingerprint density at radius 1 is 1.58 bits per heavy atom. The monoisotopic (exact) mass is 168 g/mol. The summed E-state index contributed by atoms with van der Waals surface area (Å²) in [5.41, 5.74) is 0.939. The van der Waals surface area contributed by atoms with E-state index in [1.165, 1.54) is 5.57 Å². The van der Waals surface area contributed by atoms with Gasteiger partial charge in [0, 0.05) is 5.41 Å². The largest absolute Gasteiger partial charge is 0.251 e. The summed E-state index contributed by atoms with van der Waals surface area (Å²) in [6.45, 7) is 6.40. The SMILES string of the molecule is CC1=CCC2CC1(OO)C2(C)C. The summed E-state index contributed by atoms with van der Waals surface area (Å²) in [5, 5.41) is 8.95. The molecule has 0 aromatic carbocycles. The van der Waals surface area contributed by atoms with Gasteiger partial charge < -0.3 is 0 Å². The van der Waals surface area contributed by atoms with Crippen molar-refractivity contribution in [2.24, 2.45) is 11.3 Å². The minimum absolute atomic E-state index is 0.112.